The summed E-state index contributed by atoms with van der Waals surface area (Å²) in [7, 11) is 0. The van der Waals surface area contributed by atoms with Crippen LogP contribution in [0.5, 0.6) is 0 Å². The average Bonchev–Trinajstić information content (AvgIpc) is 3.48. The molecule has 10 heteroatoms. The first-order chi connectivity index (χ1) is 16.1. The molecule has 0 atom stereocenters. The van der Waals surface area contributed by atoms with Gasteiger partial charge in [0.2, 0.25) is 5.91 Å². The van der Waals surface area contributed by atoms with Gasteiger partial charge in [-0.2, -0.15) is 0 Å². The molecule has 33 heavy (non-hydrogen) atoms. The van der Waals surface area contributed by atoms with Crippen molar-refractivity contribution in [3.05, 3.63) is 95.7 Å². The van der Waals surface area contributed by atoms with Gasteiger partial charge in [0.05, 0.1) is 25.0 Å². The Kier molecular flexibility index (Phi) is 5.54. The van der Waals surface area contributed by atoms with E-state index in [1.54, 1.807) is 41.5 Å². The Bertz CT molecular complexity index is 1400. The lowest BCUT2D eigenvalue weighted by atomic mass is 10.1. The number of nitrogens with zero attached hydrogens (tertiary/aromatic N) is 6. The van der Waals surface area contributed by atoms with Crippen LogP contribution in [0.4, 0.5) is 10.2 Å². The number of carbonyl (C=O) groups excluding carboxylic acids is 1. The first-order valence-electron chi connectivity index (χ1n) is 10.1. The van der Waals surface area contributed by atoms with Gasteiger partial charge in [0.25, 0.3) is 0 Å². The SMILES string of the molecule is O=C(Cc1nnc2ccccn12)N(Cc1cc(F)cc(Cl)c1)c1ccc(-c2c[nH]cn2)cn1. The van der Waals surface area contributed by atoms with Crippen molar-refractivity contribution >= 4 is 29.0 Å². The summed E-state index contributed by atoms with van der Waals surface area (Å²) in [5.74, 6) is 0.156. The molecule has 1 N–H and O–H groups in total. The largest absolute Gasteiger partial charge is 0.351 e. The van der Waals surface area contributed by atoms with Crippen molar-refractivity contribution in [1.29, 1.82) is 0 Å². The molecule has 0 saturated carbocycles. The Morgan fingerprint density at radius 3 is 2.79 bits per heavy atom. The van der Waals surface area contributed by atoms with Crippen LogP contribution in [0.2, 0.25) is 5.02 Å². The molecule has 5 aromatic rings. The van der Waals surface area contributed by atoms with E-state index in [2.05, 4.69) is 25.1 Å². The van der Waals surface area contributed by atoms with Crippen LogP contribution in [0.1, 0.15) is 11.4 Å². The van der Waals surface area contributed by atoms with Crippen molar-refractivity contribution in [2.45, 2.75) is 13.0 Å². The van der Waals surface area contributed by atoms with Gasteiger partial charge in [0.15, 0.2) is 5.65 Å². The number of hydrogen-bond acceptors (Lipinski definition) is 5. The summed E-state index contributed by atoms with van der Waals surface area (Å²) >= 11 is 6.03. The van der Waals surface area contributed by atoms with Crippen molar-refractivity contribution in [1.82, 2.24) is 29.5 Å². The van der Waals surface area contributed by atoms with Crippen LogP contribution in [0.25, 0.3) is 16.9 Å². The Hall–Kier alpha value is -4.11. The van der Waals surface area contributed by atoms with Crippen LogP contribution >= 0.6 is 11.6 Å². The summed E-state index contributed by atoms with van der Waals surface area (Å²) < 4.78 is 15.7. The minimum Gasteiger partial charge on any atom is -0.351 e. The number of carbonyl (C=O) groups is 1. The Labute approximate surface area is 192 Å². The number of benzene rings is 1. The molecular weight excluding hydrogens is 445 g/mol. The van der Waals surface area contributed by atoms with Gasteiger partial charge in [-0.1, -0.05) is 17.7 Å². The standard InChI is InChI=1S/C23H17ClFN7O/c24-17-7-15(8-18(25)9-17)13-32(20-5-4-16(11-27-20)19-12-26-14-28-19)23(33)10-22-30-29-21-3-1-2-6-31(21)22/h1-9,11-12,14H,10,13H2,(H,26,28). The van der Waals surface area contributed by atoms with Gasteiger partial charge in [-0.05, 0) is 48.0 Å². The fourth-order valence-electron chi connectivity index (χ4n) is 3.54. The van der Waals surface area contributed by atoms with Crippen LogP contribution in [0.15, 0.2) is 73.4 Å². The summed E-state index contributed by atoms with van der Waals surface area (Å²) in [6.45, 7) is 0.0851. The summed E-state index contributed by atoms with van der Waals surface area (Å²) in [5, 5.41) is 8.50. The molecule has 5 rings (SSSR count). The molecule has 0 unspecified atom stereocenters. The van der Waals surface area contributed by atoms with Crippen molar-refractivity contribution in [3.8, 4) is 11.3 Å². The highest BCUT2D eigenvalue weighted by molar-refractivity contribution is 6.30. The van der Waals surface area contributed by atoms with E-state index < -0.39 is 5.82 Å². The van der Waals surface area contributed by atoms with Crippen LogP contribution in [-0.2, 0) is 17.8 Å². The number of halogens is 2. The third kappa shape index (κ3) is 4.44. The number of H-pyrrole nitrogens is 1. The predicted octanol–water partition coefficient (Wildman–Crippen LogP) is 4.08. The van der Waals surface area contributed by atoms with Crippen molar-refractivity contribution in [3.63, 3.8) is 0 Å². The topological polar surface area (TPSA) is 92.1 Å². The number of rotatable bonds is 6. The second-order valence-corrected chi connectivity index (χ2v) is 7.78. The summed E-state index contributed by atoms with van der Waals surface area (Å²) in [5.41, 5.74) is 2.71. The Balaban J connectivity index is 1.48. The fourth-order valence-corrected chi connectivity index (χ4v) is 3.78. The lowest BCUT2D eigenvalue weighted by molar-refractivity contribution is -0.118. The number of imidazole rings is 1. The monoisotopic (exact) mass is 461 g/mol. The van der Waals surface area contributed by atoms with E-state index >= 15 is 0 Å². The van der Waals surface area contributed by atoms with Crippen LogP contribution in [0.3, 0.4) is 0 Å². The Morgan fingerprint density at radius 2 is 2.03 bits per heavy atom. The van der Waals surface area contributed by atoms with Gasteiger partial charge in [-0.15, -0.1) is 10.2 Å². The van der Waals surface area contributed by atoms with E-state index in [-0.39, 0.29) is 23.9 Å². The van der Waals surface area contributed by atoms with Crippen molar-refractivity contribution in [2.75, 3.05) is 4.90 Å². The van der Waals surface area contributed by atoms with E-state index in [0.29, 0.717) is 22.9 Å². The van der Waals surface area contributed by atoms with Gasteiger partial charge in [-0.25, -0.2) is 14.4 Å². The molecule has 1 aromatic carbocycles. The average molecular weight is 462 g/mol. The Morgan fingerprint density at radius 1 is 1.12 bits per heavy atom. The number of hydrogen-bond donors (Lipinski definition) is 1. The second kappa shape index (κ2) is 8.79. The maximum atomic E-state index is 13.9. The summed E-state index contributed by atoms with van der Waals surface area (Å²) in [6, 6.07) is 13.2. The van der Waals surface area contributed by atoms with Crippen LogP contribution < -0.4 is 4.90 Å². The smallest absolute Gasteiger partial charge is 0.236 e. The molecular formula is C23H17ClFN7O. The zero-order valence-corrected chi connectivity index (χ0v) is 17.9. The quantitative estimate of drug-likeness (QED) is 0.411. The highest BCUT2D eigenvalue weighted by Gasteiger charge is 2.21. The second-order valence-electron chi connectivity index (χ2n) is 7.34. The molecule has 0 spiro atoms. The summed E-state index contributed by atoms with van der Waals surface area (Å²) in [6.07, 6.45) is 6.75. The normalized spacial score (nSPS) is 11.1. The lowest BCUT2D eigenvalue weighted by Crippen LogP contribution is -2.33. The van der Waals surface area contributed by atoms with Gasteiger partial charge < -0.3 is 4.98 Å². The number of pyridine rings is 2. The van der Waals surface area contributed by atoms with Gasteiger partial charge in [0.1, 0.15) is 17.5 Å². The molecule has 164 valence electrons. The van der Waals surface area contributed by atoms with E-state index in [0.717, 1.165) is 11.3 Å². The lowest BCUT2D eigenvalue weighted by Gasteiger charge is -2.22. The number of fused-ring (bicyclic) bond motifs is 1. The van der Waals surface area contributed by atoms with E-state index in [9.17, 15) is 9.18 Å². The highest BCUT2D eigenvalue weighted by Crippen LogP contribution is 2.23. The number of amides is 1. The molecule has 0 bridgehead atoms. The van der Waals surface area contributed by atoms with Crippen molar-refractivity contribution < 1.29 is 9.18 Å². The number of aromatic nitrogens is 6. The zero-order valence-electron chi connectivity index (χ0n) is 17.2. The van der Waals surface area contributed by atoms with Gasteiger partial charge >= 0.3 is 0 Å². The number of anilines is 1. The molecule has 0 saturated heterocycles. The summed E-state index contributed by atoms with van der Waals surface area (Å²) in [4.78, 5) is 26.5. The first kappa shape index (κ1) is 20.8. The van der Waals surface area contributed by atoms with E-state index in [1.165, 1.54) is 17.0 Å². The molecule has 8 nitrogen and oxygen atoms in total. The molecule has 0 aliphatic heterocycles. The minimum absolute atomic E-state index is 0.0168. The third-order valence-corrected chi connectivity index (χ3v) is 5.29. The molecule has 4 heterocycles. The highest BCUT2D eigenvalue weighted by atomic mass is 35.5. The van der Waals surface area contributed by atoms with Crippen LogP contribution in [-0.4, -0.2) is 35.5 Å². The predicted molar refractivity (Wildman–Crippen MR) is 121 cm³/mol. The number of nitrogens with one attached hydrogen (secondary N) is 1. The fraction of sp³-hybridized carbons (Fsp3) is 0.0870. The zero-order chi connectivity index (χ0) is 22.8. The van der Waals surface area contributed by atoms with Gasteiger partial charge in [0, 0.05) is 29.2 Å². The third-order valence-electron chi connectivity index (χ3n) is 5.08. The van der Waals surface area contributed by atoms with Crippen LogP contribution in [0, 0.1) is 5.82 Å². The first-order valence-corrected chi connectivity index (χ1v) is 10.4. The minimum atomic E-state index is -0.477. The van der Waals surface area contributed by atoms with Crippen molar-refractivity contribution in [2.24, 2.45) is 0 Å². The molecule has 0 aliphatic rings. The molecule has 1 amide bonds. The number of aromatic amines is 1. The van der Waals surface area contributed by atoms with E-state index in [4.69, 9.17) is 11.6 Å². The molecule has 0 aliphatic carbocycles. The maximum absolute atomic E-state index is 13.9. The maximum Gasteiger partial charge on any atom is 0.236 e. The molecule has 4 aromatic heterocycles. The van der Waals surface area contributed by atoms with E-state index in [1.807, 2.05) is 24.3 Å². The molecule has 0 radical (unpaired) electrons. The van der Waals surface area contributed by atoms with Gasteiger partial charge in [-0.3, -0.25) is 14.1 Å². The molecule has 0 fully saturated rings.